The van der Waals surface area contributed by atoms with Gasteiger partial charge < -0.3 is 15.0 Å². The number of nitrogens with zero attached hydrogens (tertiary/aromatic N) is 3. The van der Waals surface area contributed by atoms with Crippen molar-refractivity contribution in [2.45, 2.75) is 31.7 Å². The Kier molecular flexibility index (Phi) is 7.51. The summed E-state index contributed by atoms with van der Waals surface area (Å²) in [6.07, 6.45) is 2.44. The number of amides is 2. The standard InChI is InChI=1S/C26H27ClN4O4/c1-19(32)30-15-12-26(13-16-30,21-8-3-2-4-9-21)25(34)35-18-24(33)29-23-11-14-28-31(23)17-20-7-5-6-10-22(20)27/h2-11,14H,12-13,15-18H2,1H3,(H,29,33). The zero-order valence-corrected chi connectivity index (χ0v) is 20.2. The minimum absolute atomic E-state index is 0.0205. The molecule has 35 heavy (non-hydrogen) atoms. The smallest absolute Gasteiger partial charge is 0.317 e. The van der Waals surface area contributed by atoms with Gasteiger partial charge >= 0.3 is 5.97 Å². The molecule has 1 aliphatic heterocycles. The molecule has 4 rings (SSSR count). The molecule has 1 fully saturated rings. The normalized spacial score (nSPS) is 14.9. The molecule has 182 valence electrons. The van der Waals surface area contributed by atoms with Crippen LogP contribution in [0.25, 0.3) is 0 Å². The molecule has 2 amide bonds. The van der Waals surface area contributed by atoms with Crippen molar-refractivity contribution in [2.24, 2.45) is 0 Å². The topological polar surface area (TPSA) is 93.5 Å². The monoisotopic (exact) mass is 494 g/mol. The van der Waals surface area contributed by atoms with Crippen LogP contribution in [-0.4, -0.2) is 52.2 Å². The Morgan fingerprint density at radius 2 is 1.71 bits per heavy atom. The van der Waals surface area contributed by atoms with Gasteiger partial charge in [0.2, 0.25) is 5.91 Å². The minimum Gasteiger partial charge on any atom is -0.455 e. The summed E-state index contributed by atoms with van der Waals surface area (Å²) in [5, 5.41) is 7.61. The molecule has 0 unspecified atom stereocenters. The molecule has 0 aliphatic carbocycles. The van der Waals surface area contributed by atoms with E-state index in [0.717, 1.165) is 11.1 Å². The highest BCUT2D eigenvalue weighted by Gasteiger charge is 2.44. The molecule has 8 nitrogen and oxygen atoms in total. The Labute approximate surface area is 208 Å². The highest BCUT2D eigenvalue weighted by Crippen LogP contribution is 2.37. The summed E-state index contributed by atoms with van der Waals surface area (Å²) in [6, 6.07) is 18.5. The van der Waals surface area contributed by atoms with E-state index in [4.69, 9.17) is 16.3 Å². The molecular weight excluding hydrogens is 468 g/mol. The summed E-state index contributed by atoms with van der Waals surface area (Å²) in [5.41, 5.74) is 0.784. The summed E-state index contributed by atoms with van der Waals surface area (Å²) in [5.74, 6) is -0.485. The second-order valence-electron chi connectivity index (χ2n) is 8.54. The number of esters is 1. The number of aromatic nitrogens is 2. The number of benzene rings is 2. The molecule has 0 saturated carbocycles. The number of hydrogen-bond donors (Lipinski definition) is 1. The van der Waals surface area contributed by atoms with E-state index in [9.17, 15) is 14.4 Å². The van der Waals surface area contributed by atoms with Gasteiger partial charge in [0.05, 0.1) is 18.2 Å². The molecule has 3 aromatic rings. The van der Waals surface area contributed by atoms with Gasteiger partial charge in [-0.3, -0.25) is 14.4 Å². The lowest BCUT2D eigenvalue weighted by Gasteiger charge is -2.40. The van der Waals surface area contributed by atoms with Gasteiger partial charge in [0.1, 0.15) is 5.82 Å². The minimum atomic E-state index is -0.903. The van der Waals surface area contributed by atoms with Crippen LogP contribution in [0.2, 0.25) is 5.02 Å². The molecular formula is C26H27ClN4O4. The first-order chi connectivity index (χ1) is 16.9. The maximum Gasteiger partial charge on any atom is 0.317 e. The van der Waals surface area contributed by atoms with Crippen LogP contribution in [0.1, 0.15) is 30.9 Å². The maximum atomic E-state index is 13.3. The first-order valence-corrected chi connectivity index (χ1v) is 11.8. The summed E-state index contributed by atoms with van der Waals surface area (Å²) in [6.45, 7) is 2.38. The van der Waals surface area contributed by atoms with Crippen LogP contribution in [0.4, 0.5) is 5.82 Å². The fourth-order valence-corrected chi connectivity index (χ4v) is 4.57. The molecule has 0 radical (unpaired) electrons. The third-order valence-corrected chi connectivity index (χ3v) is 6.74. The quantitative estimate of drug-likeness (QED) is 0.506. The number of halogens is 1. The lowest BCUT2D eigenvalue weighted by molar-refractivity contribution is -0.156. The average Bonchev–Trinajstić information content (AvgIpc) is 3.30. The van der Waals surface area contributed by atoms with Crippen LogP contribution < -0.4 is 5.32 Å². The summed E-state index contributed by atoms with van der Waals surface area (Å²) in [4.78, 5) is 39.5. The third-order valence-electron chi connectivity index (χ3n) is 6.38. The summed E-state index contributed by atoms with van der Waals surface area (Å²) in [7, 11) is 0. The van der Waals surface area contributed by atoms with Crippen molar-refractivity contribution in [3.05, 3.63) is 83.0 Å². The van der Waals surface area contributed by atoms with E-state index >= 15 is 0 Å². The molecule has 0 spiro atoms. The van der Waals surface area contributed by atoms with E-state index < -0.39 is 23.9 Å². The van der Waals surface area contributed by atoms with Crippen LogP contribution in [0, 0.1) is 0 Å². The molecule has 2 heterocycles. The van der Waals surface area contributed by atoms with Crippen molar-refractivity contribution in [1.82, 2.24) is 14.7 Å². The van der Waals surface area contributed by atoms with Gasteiger partial charge in [0.15, 0.2) is 6.61 Å². The van der Waals surface area contributed by atoms with Gasteiger partial charge in [-0.05, 0) is 30.0 Å². The first-order valence-electron chi connectivity index (χ1n) is 11.4. The number of carbonyl (C=O) groups is 3. The molecule has 0 atom stereocenters. The Bertz CT molecular complexity index is 1200. The van der Waals surface area contributed by atoms with Gasteiger partial charge in [0, 0.05) is 31.1 Å². The van der Waals surface area contributed by atoms with Crippen molar-refractivity contribution in [3.63, 3.8) is 0 Å². The second kappa shape index (κ2) is 10.7. The van der Waals surface area contributed by atoms with Crippen LogP contribution in [0.15, 0.2) is 66.9 Å². The highest BCUT2D eigenvalue weighted by atomic mass is 35.5. The lowest BCUT2D eigenvalue weighted by atomic mass is 9.72. The van der Waals surface area contributed by atoms with Gasteiger partial charge in [0.25, 0.3) is 5.91 Å². The Morgan fingerprint density at radius 1 is 1.03 bits per heavy atom. The fraction of sp³-hybridized carbons (Fsp3) is 0.308. The molecule has 1 aliphatic rings. The zero-order valence-electron chi connectivity index (χ0n) is 19.4. The number of likely N-dealkylation sites (tertiary alicyclic amines) is 1. The third kappa shape index (κ3) is 5.54. The fourth-order valence-electron chi connectivity index (χ4n) is 4.37. The van der Waals surface area contributed by atoms with Crippen LogP contribution >= 0.6 is 11.6 Å². The first kappa shape index (κ1) is 24.5. The summed E-state index contributed by atoms with van der Waals surface area (Å²) >= 11 is 6.24. The van der Waals surface area contributed by atoms with E-state index in [-0.39, 0.29) is 5.91 Å². The maximum absolute atomic E-state index is 13.3. The van der Waals surface area contributed by atoms with E-state index in [1.165, 1.54) is 6.92 Å². The second-order valence-corrected chi connectivity index (χ2v) is 8.95. The number of rotatable bonds is 7. The number of ether oxygens (including phenoxy) is 1. The number of nitrogens with one attached hydrogen (secondary N) is 1. The van der Waals surface area contributed by atoms with E-state index in [1.807, 2.05) is 48.5 Å². The molecule has 9 heteroatoms. The zero-order chi connectivity index (χ0) is 24.8. The predicted molar refractivity (Wildman–Crippen MR) is 132 cm³/mol. The van der Waals surface area contributed by atoms with Gasteiger partial charge in [-0.2, -0.15) is 5.10 Å². The number of anilines is 1. The van der Waals surface area contributed by atoms with Crippen LogP contribution in [0.5, 0.6) is 0 Å². The van der Waals surface area contributed by atoms with Crippen molar-refractivity contribution < 1.29 is 19.1 Å². The molecule has 1 saturated heterocycles. The lowest BCUT2D eigenvalue weighted by Crippen LogP contribution is -2.49. The highest BCUT2D eigenvalue weighted by molar-refractivity contribution is 6.31. The number of carbonyl (C=O) groups excluding carboxylic acids is 3. The van der Waals surface area contributed by atoms with Gasteiger partial charge in [-0.15, -0.1) is 0 Å². The van der Waals surface area contributed by atoms with Crippen molar-refractivity contribution in [2.75, 3.05) is 25.0 Å². The van der Waals surface area contributed by atoms with E-state index in [2.05, 4.69) is 10.4 Å². The summed E-state index contributed by atoms with van der Waals surface area (Å²) < 4.78 is 7.13. The van der Waals surface area contributed by atoms with Gasteiger partial charge in [-0.25, -0.2) is 4.68 Å². The number of piperidine rings is 1. The average molecular weight is 495 g/mol. The number of hydrogen-bond acceptors (Lipinski definition) is 5. The Balaban J connectivity index is 1.41. The van der Waals surface area contributed by atoms with E-state index in [0.29, 0.717) is 43.3 Å². The molecule has 2 aromatic carbocycles. The van der Waals surface area contributed by atoms with Gasteiger partial charge in [-0.1, -0.05) is 60.1 Å². The predicted octanol–water partition coefficient (Wildman–Crippen LogP) is 3.65. The van der Waals surface area contributed by atoms with Crippen molar-refractivity contribution in [3.8, 4) is 0 Å². The van der Waals surface area contributed by atoms with Crippen molar-refractivity contribution >= 4 is 35.2 Å². The van der Waals surface area contributed by atoms with E-state index in [1.54, 1.807) is 27.9 Å². The molecule has 0 bridgehead atoms. The Morgan fingerprint density at radius 3 is 2.40 bits per heavy atom. The SMILES string of the molecule is CC(=O)N1CCC(C(=O)OCC(=O)Nc2ccnn2Cc2ccccc2Cl)(c2ccccc2)CC1. The van der Waals surface area contributed by atoms with Crippen LogP contribution in [0.3, 0.4) is 0 Å². The Hall–Kier alpha value is -3.65. The van der Waals surface area contributed by atoms with Crippen LogP contribution in [-0.2, 0) is 31.1 Å². The van der Waals surface area contributed by atoms with Crippen molar-refractivity contribution in [1.29, 1.82) is 0 Å². The molecule has 1 N–H and O–H groups in total. The molecule has 1 aromatic heterocycles. The largest absolute Gasteiger partial charge is 0.455 e.